The number of carbonyl (C=O) groups is 2. The van der Waals surface area contributed by atoms with Crippen molar-refractivity contribution >= 4 is 11.9 Å². The van der Waals surface area contributed by atoms with Crippen LogP contribution in [0.25, 0.3) is 0 Å². The molecule has 0 aliphatic heterocycles. The van der Waals surface area contributed by atoms with Gasteiger partial charge >= 0.3 is 11.9 Å². The number of rotatable bonds is 79. The van der Waals surface area contributed by atoms with Crippen LogP contribution in [0.4, 0.5) is 0 Å². The number of hydrogen-bond acceptors (Lipinski definition) is 5. The van der Waals surface area contributed by atoms with Crippen LogP contribution in [0.5, 0.6) is 0 Å². The van der Waals surface area contributed by atoms with E-state index >= 15 is 0 Å². The highest BCUT2D eigenvalue weighted by Crippen LogP contribution is 2.20. The Hall–Kier alpha value is -2.40. The minimum Gasteiger partial charge on any atom is -0.462 e. The fourth-order valence-corrected chi connectivity index (χ4v) is 13.1. The molecule has 0 saturated heterocycles. The summed E-state index contributed by atoms with van der Waals surface area (Å²) in [6, 6.07) is 0. The highest BCUT2D eigenvalue weighted by atomic mass is 16.6. The second-order valence-electron chi connectivity index (χ2n) is 28.5. The van der Waals surface area contributed by atoms with E-state index in [0.717, 1.165) is 57.8 Å². The molecule has 0 heterocycles. The summed E-state index contributed by atoms with van der Waals surface area (Å²) in [4.78, 5) is 24.7. The lowest BCUT2D eigenvalue weighted by Crippen LogP contribution is -2.28. The van der Waals surface area contributed by atoms with E-state index in [1.165, 1.54) is 379 Å². The zero-order valence-electron chi connectivity index (χ0n) is 62.3. The Morgan fingerprint density at radius 1 is 0.261 bits per heavy atom. The van der Waals surface area contributed by atoms with Crippen LogP contribution in [0.2, 0.25) is 0 Å². The lowest BCUT2D eigenvalue weighted by atomic mass is 10.0. The van der Waals surface area contributed by atoms with E-state index in [4.69, 9.17) is 9.47 Å². The summed E-state index contributed by atoms with van der Waals surface area (Å²) >= 11 is 0. The number of aliphatic hydroxyl groups excluding tert-OH is 1. The van der Waals surface area contributed by atoms with Gasteiger partial charge in [-0.15, -0.1) is 0 Å². The molecule has 1 atom stereocenters. The fourth-order valence-electron chi connectivity index (χ4n) is 13.1. The molecule has 0 amide bonds. The smallest absolute Gasteiger partial charge is 0.306 e. The standard InChI is InChI=1S/C87H162O5/c1-3-5-7-9-11-13-15-17-19-21-23-25-27-29-31-33-35-37-39-41-43-45-47-49-51-53-55-57-59-61-63-65-67-69-71-73-75-77-79-81-86(89)91-84-85(83-88)92-87(90)82-80-78-76-74-72-70-68-66-64-62-60-58-56-54-52-50-48-46-44-42-40-38-36-34-32-30-28-26-24-22-20-18-16-14-12-10-8-6-4-2/h6,8,12,14,18,20-21,23-24,26,85,88H,3-5,7,9-11,13,15-17,19,22,25,27-84H2,1-2H3/b8-6-,14-12-,20-18-,23-21-,26-24-. The number of unbranched alkanes of at least 4 members (excludes halogenated alkanes) is 61. The molecule has 5 nitrogen and oxygen atoms in total. The zero-order valence-corrected chi connectivity index (χ0v) is 62.3. The molecule has 0 aromatic carbocycles. The summed E-state index contributed by atoms with van der Waals surface area (Å²) < 4.78 is 10.8. The maximum absolute atomic E-state index is 12.4. The van der Waals surface area contributed by atoms with Crippen LogP contribution < -0.4 is 0 Å². The Kier molecular flexibility index (Phi) is 80.7. The van der Waals surface area contributed by atoms with Gasteiger partial charge in [0.1, 0.15) is 6.61 Å². The first kappa shape index (κ1) is 89.6. The van der Waals surface area contributed by atoms with Gasteiger partial charge in [-0.3, -0.25) is 9.59 Å². The van der Waals surface area contributed by atoms with Crippen molar-refractivity contribution in [2.45, 2.75) is 469 Å². The summed E-state index contributed by atoms with van der Waals surface area (Å²) in [7, 11) is 0. The zero-order chi connectivity index (χ0) is 66.1. The largest absolute Gasteiger partial charge is 0.462 e. The lowest BCUT2D eigenvalue weighted by Gasteiger charge is -2.15. The molecule has 0 aromatic heterocycles. The van der Waals surface area contributed by atoms with Crippen LogP contribution in [0.3, 0.4) is 0 Å². The molecule has 0 saturated carbocycles. The van der Waals surface area contributed by atoms with Gasteiger partial charge < -0.3 is 14.6 Å². The molecule has 1 N–H and O–H groups in total. The van der Waals surface area contributed by atoms with Crippen molar-refractivity contribution in [1.29, 1.82) is 0 Å². The number of aliphatic hydroxyl groups is 1. The third kappa shape index (κ3) is 80.0. The van der Waals surface area contributed by atoms with Gasteiger partial charge in [-0.2, -0.15) is 0 Å². The number of esters is 2. The quantitative estimate of drug-likeness (QED) is 0.0373. The van der Waals surface area contributed by atoms with Crippen molar-refractivity contribution < 1.29 is 24.2 Å². The maximum atomic E-state index is 12.4. The summed E-state index contributed by atoms with van der Waals surface area (Å²) in [5, 5.41) is 9.74. The summed E-state index contributed by atoms with van der Waals surface area (Å²) in [6.45, 7) is 4.10. The molecular formula is C87H162O5. The molecule has 0 fully saturated rings. The van der Waals surface area contributed by atoms with Crippen molar-refractivity contribution in [2.75, 3.05) is 13.2 Å². The third-order valence-corrected chi connectivity index (χ3v) is 19.3. The predicted octanol–water partition coefficient (Wildman–Crippen LogP) is 29.6. The van der Waals surface area contributed by atoms with Gasteiger partial charge in [0.25, 0.3) is 0 Å². The van der Waals surface area contributed by atoms with Gasteiger partial charge in [0.2, 0.25) is 0 Å². The van der Waals surface area contributed by atoms with Gasteiger partial charge in [-0.25, -0.2) is 0 Å². The van der Waals surface area contributed by atoms with E-state index in [9.17, 15) is 14.7 Å². The van der Waals surface area contributed by atoms with Gasteiger partial charge in [0.05, 0.1) is 6.61 Å². The summed E-state index contributed by atoms with van der Waals surface area (Å²) in [5.41, 5.74) is 0. The average molecular weight is 1290 g/mol. The molecule has 1 unspecified atom stereocenters. The Morgan fingerprint density at radius 2 is 0.467 bits per heavy atom. The Morgan fingerprint density at radius 3 is 0.717 bits per heavy atom. The molecule has 5 heteroatoms. The molecular weight excluding hydrogens is 1120 g/mol. The molecule has 540 valence electrons. The van der Waals surface area contributed by atoms with Crippen molar-refractivity contribution in [3.8, 4) is 0 Å². The van der Waals surface area contributed by atoms with E-state index in [-0.39, 0.29) is 25.2 Å². The van der Waals surface area contributed by atoms with Crippen molar-refractivity contribution in [2.24, 2.45) is 0 Å². The monoisotopic (exact) mass is 1290 g/mol. The van der Waals surface area contributed by atoms with Crippen LogP contribution in [0.1, 0.15) is 463 Å². The summed E-state index contributed by atoms with van der Waals surface area (Å²) in [6.07, 6.45) is 115. The predicted molar refractivity (Wildman–Crippen MR) is 408 cm³/mol. The normalized spacial score (nSPS) is 12.4. The first-order valence-corrected chi connectivity index (χ1v) is 41.8. The SMILES string of the molecule is CC/C=C\C/C=C\C/C=C\C/C=C\CCCCCCCCCCCCCCCCCCCCCCCCCCCCC(=O)OC(CO)COC(=O)CCCCCCCCCCCCCCCCCCCCCCCCCCCCC/C=C\CCCCCCCCCC. The topological polar surface area (TPSA) is 72.8 Å². The highest BCUT2D eigenvalue weighted by Gasteiger charge is 2.16. The fraction of sp³-hybridized carbons (Fsp3) is 0.862. The molecule has 0 aliphatic carbocycles. The molecule has 0 spiro atoms. The van der Waals surface area contributed by atoms with E-state index in [1.54, 1.807) is 0 Å². The van der Waals surface area contributed by atoms with E-state index in [2.05, 4.69) is 74.6 Å². The van der Waals surface area contributed by atoms with Gasteiger partial charge in [0, 0.05) is 12.8 Å². The molecule has 0 rings (SSSR count). The van der Waals surface area contributed by atoms with Gasteiger partial charge in [-0.1, -0.05) is 434 Å². The Balaban J connectivity index is 3.35. The van der Waals surface area contributed by atoms with E-state index < -0.39 is 6.10 Å². The highest BCUT2D eigenvalue weighted by molar-refractivity contribution is 5.70. The van der Waals surface area contributed by atoms with Crippen LogP contribution in [0, 0.1) is 0 Å². The van der Waals surface area contributed by atoms with Crippen LogP contribution in [0.15, 0.2) is 60.8 Å². The number of ether oxygens (including phenoxy) is 2. The van der Waals surface area contributed by atoms with E-state index in [1.807, 2.05) is 0 Å². The van der Waals surface area contributed by atoms with Crippen molar-refractivity contribution in [3.05, 3.63) is 60.8 Å². The number of hydrogen-bond donors (Lipinski definition) is 1. The number of allylic oxidation sites excluding steroid dienone is 10. The third-order valence-electron chi connectivity index (χ3n) is 19.3. The molecule has 0 aliphatic rings. The first-order valence-electron chi connectivity index (χ1n) is 41.8. The van der Waals surface area contributed by atoms with E-state index in [0.29, 0.717) is 12.8 Å². The first-order chi connectivity index (χ1) is 45.6. The average Bonchev–Trinajstić information content (AvgIpc) is 3.75. The van der Waals surface area contributed by atoms with Gasteiger partial charge in [-0.05, 0) is 77.0 Å². The molecule has 0 aromatic rings. The Labute approximate surface area is 576 Å². The number of carbonyl (C=O) groups excluding carboxylic acids is 2. The second-order valence-corrected chi connectivity index (χ2v) is 28.5. The molecule has 0 radical (unpaired) electrons. The lowest BCUT2D eigenvalue weighted by molar-refractivity contribution is -0.161. The van der Waals surface area contributed by atoms with Crippen molar-refractivity contribution in [3.63, 3.8) is 0 Å². The molecule has 92 heavy (non-hydrogen) atoms. The van der Waals surface area contributed by atoms with Crippen LogP contribution in [-0.2, 0) is 19.1 Å². The van der Waals surface area contributed by atoms with Crippen LogP contribution >= 0.6 is 0 Å². The minimum absolute atomic E-state index is 0.0587. The minimum atomic E-state index is -0.771. The second kappa shape index (κ2) is 82.8. The van der Waals surface area contributed by atoms with Gasteiger partial charge in [0.15, 0.2) is 6.10 Å². The Bertz CT molecular complexity index is 1560. The molecule has 0 bridgehead atoms. The maximum Gasteiger partial charge on any atom is 0.306 e. The van der Waals surface area contributed by atoms with Crippen molar-refractivity contribution in [1.82, 2.24) is 0 Å². The van der Waals surface area contributed by atoms with Crippen LogP contribution in [-0.4, -0.2) is 36.4 Å². The summed E-state index contributed by atoms with van der Waals surface area (Å²) in [5.74, 6) is -0.562.